The van der Waals surface area contributed by atoms with Gasteiger partial charge in [-0.1, -0.05) is 33.6 Å². The van der Waals surface area contributed by atoms with Crippen LogP contribution in [0.2, 0.25) is 0 Å². The van der Waals surface area contributed by atoms with E-state index in [9.17, 15) is 4.79 Å². The Morgan fingerprint density at radius 3 is 2.17 bits per heavy atom. The number of Topliss-reactive ketones (excluding diaryl/α,β-unsaturated/α-hetero) is 1. The Kier molecular flexibility index (Phi) is 5.99. The summed E-state index contributed by atoms with van der Waals surface area (Å²) in [6, 6.07) is 0. The highest BCUT2D eigenvalue weighted by molar-refractivity contribution is 5.81. The topological polar surface area (TPSA) is 43.1 Å². The first-order valence-corrected chi connectivity index (χ1v) is 4.88. The molecule has 0 amide bonds. The van der Waals surface area contributed by atoms with Crippen LogP contribution in [0.4, 0.5) is 0 Å². The fourth-order valence-corrected chi connectivity index (χ4v) is 1.19. The van der Waals surface area contributed by atoms with Crippen LogP contribution >= 0.6 is 0 Å². The number of carbonyl (C=O) groups is 1. The van der Waals surface area contributed by atoms with Gasteiger partial charge in [0.05, 0.1) is 0 Å². The maximum absolute atomic E-state index is 11.4. The lowest BCUT2D eigenvalue weighted by Gasteiger charge is -2.13. The molecule has 72 valence electrons. The van der Waals surface area contributed by atoms with E-state index in [-0.39, 0.29) is 5.92 Å². The van der Waals surface area contributed by atoms with Crippen molar-refractivity contribution in [3.8, 4) is 0 Å². The van der Waals surface area contributed by atoms with Crippen molar-refractivity contribution in [1.82, 2.24) is 0 Å². The van der Waals surface area contributed by atoms with E-state index in [2.05, 4.69) is 13.8 Å². The summed E-state index contributed by atoms with van der Waals surface area (Å²) in [5, 5.41) is 0. The van der Waals surface area contributed by atoms with Crippen molar-refractivity contribution in [2.45, 2.75) is 40.0 Å². The maximum atomic E-state index is 11.4. The predicted molar refractivity (Wildman–Crippen MR) is 51.9 cm³/mol. The number of carbonyl (C=O) groups excluding carboxylic acids is 1. The standard InChI is InChI=1S/C10H21NO/c1-4-9(5-2)6-10(12)8(3)7-11/h8-9H,4-7,11H2,1-3H3. The summed E-state index contributed by atoms with van der Waals surface area (Å²) in [6.45, 7) is 6.66. The first-order valence-electron chi connectivity index (χ1n) is 4.88. The number of nitrogens with two attached hydrogens (primary N) is 1. The zero-order valence-corrected chi connectivity index (χ0v) is 8.47. The van der Waals surface area contributed by atoms with Gasteiger partial charge in [0.2, 0.25) is 0 Å². The van der Waals surface area contributed by atoms with Crippen LogP contribution in [0.1, 0.15) is 40.0 Å². The van der Waals surface area contributed by atoms with Crippen molar-refractivity contribution in [3.05, 3.63) is 0 Å². The van der Waals surface area contributed by atoms with E-state index in [4.69, 9.17) is 5.73 Å². The molecular weight excluding hydrogens is 150 g/mol. The first-order chi connectivity index (χ1) is 5.65. The summed E-state index contributed by atoms with van der Waals surface area (Å²) in [5.41, 5.74) is 5.41. The maximum Gasteiger partial charge on any atom is 0.137 e. The minimum absolute atomic E-state index is 0.0469. The molecule has 2 nitrogen and oxygen atoms in total. The van der Waals surface area contributed by atoms with Gasteiger partial charge in [-0.15, -0.1) is 0 Å². The zero-order valence-electron chi connectivity index (χ0n) is 8.47. The van der Waals surface area contributed by atoms with Crippen LogP contribution in [-0.4, -0.2) is 12.3 Å². The Labute approximate surface area is 75.5 Å². The molecule has 0 spiro atoms. The van der Waals surface area contributed by atoms with Crippen molar-refractivity contribution >= 4 is 5.78 Å². The number of rotatable bonds is 6. The molecule has 0 aliphatic carbocycles. The number of hydrogen-bond acceptors (Lipinski definition) is 2. The third-order valence-electron chi connectivity index (χ3n) is 2.55. The van der Waals surface area contributed by atoms with Crippen LogP contribution in [0.25, 0.3) is 0 Å². The van der Waals surface area contributed by atoms with E-state index in [1.165, 1.54) is 0 Å². The lowest BCUT2D eigenvalue weighted by Crippen LogP contribution is -2.22. The highest BCUT2D eigenvalue weighted by Gasteiger charge is 2.14. The molecule has 0 aromatic rings. The monoisotopic (exact) mass is 171 g/mol. The van der Waals surface area contributed by atoms with Crippen LogP contribution < -0.4 is 5.73 Å². The Hall–Kier alpha value is -0.370. The van der Waals surface area contributed by atoms with E-state index in [1.807, 2.05) is 6.92 Å². The molecule has 0 aliphatic heterocycles. The summed E-state index contributed by atoms with van der Waals surface area (Å²) < 4.78 is 0. The predicted octanol–water partition coefficient (Wildman–Crippen LogP) is 1.98. The van der Waals surface area contributed by atoms with Gasteiger partial charge in [-0.25, -0.2) is 0 Å². The minimum Gasteiger partial charge on any atom is -0.330 e. The van der Waals surface area contributed by atoms with E-state index in [1.54, 1.807) is 0 Å². The lowest BCUT2D eigenvalue weighted by atomic mass is 9.92. The van der Waals surface area contributed by atoms with Crippen molar-refractivity contribution in [3.63, 3.8) is 0 Å². The molecule has 0 aromatic heterocycles. The van der Waals surface area contributed by atoms with E-state index >= 15 is 0 Å². The summed E-state index contributed by atoms with van der Waals surface area (Å²) in [5.74, 6) is 0.934. The quantitative estimate of drug-likeness (QED) is 0.664. The Balaban J connectivity index is 3.81. The van der Waals surface area contributed by atoms with Gasteiger partial charge in [0, 0.05) is 18.9 Å². The largest absolute Gasteiger partial charge is 0.330 e. The fourth-order valence-electron chi connectivity index (χ4n) is 1.19. The van der Waals surface area contributed by atoms with Crippen molar-refractivity contribution in [2.24, 2.45) is 17.6 Å². The van der Waals surface area contributed by atoms with E-state index < -0.39 is 0 Å². The first kappa shape index (κ1) is 11.6. The van der Waals surface area contributed by atoms with Crippen LogP contribution in [-0.2, 0) is 4.79 Å². The molecule has 0 aromatic carbocycles. The van der Waals surface area contributed by atoms with Crippen molar-refractivity contribution < 1.29 is 4.79 Å². The molecule has 12 heavy (non-hydrogen) atoms. The molecule has 1 atom stereocenters. The van der Waals surface area contributed by atoms with Crippen LogP contribution in [0.15, 0.2) is 0 Å². The normalized spacial score (nSPS) is 13.4. The molecule has 0 rings (SSSR count). The molecule has 0 saturated carbocycles. The fraction of sp³-hybridized carbons (Fsp3) is 0.900. The molecule has 0 bridgehead atoms. The number of hydrogen-bond donors (Lipinski definition) is 1. The van der Waals surface area contributed by atoms with Crippen LogP contribution in [0, 0.1) is 11.8 Å². The SMILES string of the molecule is CCC(CC)CC(=O)C(C)CN. The zero-order chi connectivity index (χ0) is 9.56. The summed E-state index contributed by atoms with van der Waals surface area (Å²) in [7, 11) is 0. The van der Waals surface area contributed by atoms with Gasteiger partial charge in [0.1, 0.15) is 5.78 Å². The average Bonchev–Trinajstić information content (AvgIpc) is 2.12. The Bertz CT molecular complexity index is 130. The smallest absolute Gasteiger partial charge is 0.137 e. The van der Waals surface area contributed by atoms with Gasteiger partial charge in [-0.05, 0) is 5.92 Å². The highest BCUT2D eigenvalue weighted by Crippen LogP contribution is 2.15. The second-order valence-corrected chi connectivity index (χ2v) is 3.49. The third-order valence-corrected chi connectivity index (χ3v) is 2.55. The second kappa shape index (κ2) is 6.18. The van der Waals surface area contributed by atoms with Crippen LogP contribution in [0.5, 0.6) is 0 Å². The van der Waals surface area contributed by atoms with Crippen LogP contribution in [0.3, 0.4) is 0 Å². The molecular formula is C10H21NO. The van der Waals surface area contributed by atoms with E-state index in [0.717, 1.165) is 12.8 Å². The van der Waals surface area contributed by atoms with Gasteiger partial charge in [-0.3, -0.25) is 4.79 Å². The lowest BCUT2D eigenvalue weighted by molar-refractivity contribution is -0.123. The average molecular weight is 171 g/mol. The summed E-state index contributed by atoms with van der Waals surface area (Å²) >= 11 is 0. The van der Waals surface area contributed by atoms with Gasteiger partial charge >= 0.3 is 0 Å². The Morgan fingerprint density at radius 2 is 1.83 bits per heavy atom. The second-order valence-electron chi connectivity index (χ2n) is 3.49. The molecule has 2 heteroatoms. The summed E-state index contributed by atoms with van der Waals surface area (Å²) in [4.78, 5) is 11.4. The number of ketones is 1. The van der Waals surface area contributed by atoms with Gasteiger partial charge < -0.3 is 5.73 Å². The minimum atomic E-state index is 0.0469. The van der Waals surface area contributed by atoms with Crippen molar-refractivity contribution in [2.75, 3.05) is 6.54 Å². The third kappa shape index (κ3) is 3.86. The summed E-state index contributed by atoms with van der Waals surface area (Å²) in [6.07, 6.45) is 2.91. The van der Waals surface area contributed by atoms with E-state index in [0.29, 0.717) is 24.7 Å². The van der Waals surface area contributed by atoms with Gasteiger partial charge in [0.25, 0.3) is 0 Å². The molecule has 2 N–H and O–H groups in total. The molecule has 0 saturated heterocycles. The molecule has 0 fully saturated rings. The molecule has 0 aliphatic rings. The van der Waals surface area contributed by atoms with Gasteiger partial charge in [-0.2, -0.15) is 0 Å². The van der Waals surface area contributed by atoms with Gasteiger partial charge in [0.15, 0.2) is 0 Å². The highest BCUT2D eigenvalue weighted by atomic mass is 16.1. The Morgan fingerprint density at radius 1 is 1.33 bits per heavy atom. The molecule has 1 unspecified atom stereocenters. The van der Waals surface area contributed by atoms with Crippen molar-refractivity contribution in [1.29, 1.82) is 0 Å². The molecule has 0 heterocycles. The molecule has 0 radical (unpaired) electrons.